The average Bonchev–Trinajstić information content (AvgIpc) is 2.33. The molecular weight excluding hydrogens is 306 g/mol. The van der Waals surface area contributed by atoms with Crippen LogP contribution in [-0.4, -0.2) is 61.0 Å². The summed E-state index contributed by atoms with van der Waals surface area (Å²) in [5.41, 5.74) is -1.49. The highest BCUT2D eigenvalue weighted by molar-refractivity contribution is 5.82. The first-order chi connectivity index (χ1) is 10.4. The molecule has 0 aromatic carbocycles. The van der Waals surface area contributed by atoms with Crippen molar-refractivity contribution in [2.75, 3.05) is 20.5 Å². The lowest BCUT2D eigenvalue weighted by Gasteiger charge is -2.29. The summed E-state index contributed by atoms with van der Waals surface area (Å²) in [7, 11) is 1.40. The smallest absolute Gasteiger partial charge is 0.408 e. The molecule has 0 aromatic rings. The predicted molar refractivity (Wildman–Crippen MR) is 82.8 cm³/mol. The van der Waals surface area contributed by atoms with E-state index in [0.717, 1.165) is 0 Å². The Labute approximate surface area is 137 Å². The Kier molecular flexibility index (Phi) is 8.50. The molecule has 0 bridgehead atoms. The van der Waals surface area contributed by atoms with Crippen LogP contribution in [0.5, 0.6) is 0 Å². The number of amides is 1. The van der Waals surface area contributed by atoms with E-state index < -0.39 is 42.0 Å². The monoisotopic (exact) mass is 335 g/mol. The molecule has 2 N–H and O–H groups in total. The van der Waals surface area contributed by atoms with Crippen LogP contribution in [0.4, 0.5) is 4.79 Å². The Morgan fingerprint density at radius 3 is 1.96 bits per heavy atom. The normalized spacial score (nSPS) is 14.8. The average molecular weight is 335 g/mol. The minimum absolute atomic E-state index is 0.152. The maximum atomic E-state index is 12.3. The minimum Gasteiger partial charge on any atom is -0.458 e. The van der Waals surface area contributed by atoms with Gasteiger partial charge in [-0.15, -0.1) is 0 Å². The second-order valence-corrected chi connectivity index (χ2v) is 6.95. The Bertz CT molecular complexity index is 384. The molecule has 0 aliphatic rings. The first-order valence-corrected chi connectivity index (χ1v) is 7.33. The van der Waals surface area contributed by atoms with Crippen LogP contribution >= 0.6 is 0 Å². The van der Waals surface area contributed by atoms with Gasteiger partial charge < -0.3 is 29.4 Å². The second-order valence-electron chi connectivity index (χ2n) is 6.95. The minimum atomic E-state index is -1.23. The van der Waals surface area contributed by atoms with Crippen LogP contribution in [0, 0.1) is 0 Å². The van der Waals surface area contributed by atoms with E-state index in [1.165, 1.54) is 7.11 Å². The summed E-state index contributed by atoms with van der Waals surface area (Å²) in [6.07, 6.45) is -1.84. The molecule has 0 fully saturated rings. The van der Waals surface area contributed by atoms with Gasteiger partial charge >= 0.3 is 12.1 Å². The molecule has 23 heavy (non-hydrogen) atoms. The molecule has 0 aliphatic carbocycles. The third-order valence-corrected chi connectivity index (χ3v) is 2.28. The Balaban J connectivity index is 5.11. The standard InChI is InChI=1S/C15H29NO7/c1-14(2,3)22-12(18)11(10(8-17)21-9-20-7)16-13(19)23-15(4,5)6/h10-11,17H,8-9H2,1-7H3,(H,16,19)/t10-,11-/m0/s1. The number of aliphatic hydroxyl groups excluding tert-OH is 1. The van der Waals surface area contributed by atoms with Crippen LogP contribution < -0.4 is 5.32 Å². The van der Waals surface area contributed by atoms with Gasteiger partial charge in [-0.25, -0.2) is 9.59 Å². The Morgan fingerprint density at radius 2 is 1.57 bits per heavy atom. The molecule has 0 saturated carbocycles. The molecular formula is C15H29NO7. The van der Waals surface area contributed by atoms with Crippen LogP contribution in [0.2, 0.25) is 0 Å². The van der Waals surface area contributed by atoms with Gasteiger partial charge in [0.25, 0.3) is 0 Å². The molecule has 1 amide bonds. The fraction of sp³-hybridized carbons (Fsp3) is 0.867. The summed E-state index contributed by atoms with van der Waals surface area (Å²) in [6.45, 7) is 9.50. The molecule has 8 heteroatoms. The van der Waals surface area contributed by atoms with Gasteiger partial charge in [-0.3, -0.25) is 0 Å². The maximum Gasteiger partial charge on any atom is 0.408 e. The summed E-state index contributed by atoms with van der Waals surface area (Å²) in [6, 6.07) is -1.23. The maximum absolute atomic E-state index is 12.3. The number of hydrogen-bond acceptors (Lipinski definition) is 7. The van der Waals surface area contributed by atoms with Gasteiger partial charge in [0, 0.05) is 7.11 Å². The molecule has 0 aromatic heterocycles. The van der Waals surface area contributed by atoms with E-state index in [1.807, 2.05) is 0 Å². The van der Waals surface area contributed by atoms with Crippen molar-refractivity contribution in [2.45, 2.75) is 64.9 Å². The van der Waals surface area contributed by atoms with Crippen molar-refractivity contribution in [3.05, 3.63) is 0 Å². The lowest BCUT2D eigenvalue weighted by Crippen LogP contribution is -2.54. The van der Waals surface area contributed by atoms with Crippen molar-refractivity contribution in [1.29, 1.82) is 0 Å². The van der Waals surface area contributed by atoms with E-state index >= 15 is 0 Å². The molecule has 8 nitrogen and oxygen atoms in total. The zero-order chi connectivity index (χ0) is 18.3. The lowest BCUT2D eigenvalue weighted by atomic mass is 10.1. The lowest BCUT2D eigenvalue weighted by molar-refractivity contribution is -0.167. The quantitative estimate of drug-likeness (QED) is 0.532. The van der Waals surface area contributed by atoms with Gasteiger partial charge in [0.2, 0.25) is 0 Å². The predicted octanol–water partition coefficient (Wildman–Crippen LogP) is 1.20. The van der Waals surface area contributed by atoms with Gasteiger partial charge in [0.15, 0.2) is 6.04 Å². The number of ether oxygens (including phenoxy) is 4. The number of methoxy groups -OCH3 is 1. The molecule has 0 saturated heterocycles. The zero-order valence-electron chi connectivity index (χ0n) is 15.0. The number of nitrogens with one attached hydrogen (secondary N) is 1. The molecule has 0 unspecified atom stereocenters. The molecule has 0 radical (unpaired) electrons. The van der Waals surface area contributed by atoms with E-state index in [0.29, 0.717) is 0 Å². The molecule has 0 rings (SSSR count). The summed E-state index contributed by atoms with van der Waals surface area (Å²) in [5, 5.41) is 11.8. The first kappa shape index (κ1) is 21.6. The number of rotatable bonds is 7. The van der Waals surface area contributed by atoms with E-state index in [2.05, 4.69) is 5.32 Å². The summed E-state index contributed by atoms with van der Waals surface area (Å²) >= 11 is 0. The largest absolute Gasteiger partial charge is 0.458 e. The summed E-state index contributed by atoms with van der Waals surface area (Å²) < 4.78 is 20.4. The van der Waals surface area contributed by atoms with Gasteiger partial charge in [-0.05, 0) is 41.5 Å². The highest BCUT2D eigenvalue weighted by Crippen LogP contribution is 2.13. The van der Waals surface area contributed by atoms with Crippen molar-refractivity contribution in [2.24, 2.45) is 0 Å². The van der Waals surface area contributed by atoms with E-state index in [1.54, 1.807) is 41.5 Å². The van der Waals surface area contributed by atoms with Crippen molar-refractivity contribution in [3.8, 4) is 0 Å². The van der Waals surface area contributed by atoms with E-state index in [-0.39, 0.29) is 6.79 Å². The van der Waals surface area contributed by atoms with Gasteiger partial charge in [-0.2, -0.15) is 0 Å². The Hall–Kier alpha value is -1.38. The van der Waals surface area contributed by atoms with Crippen LogP contribution in [-0.2, 0) is 23.7 Å². The molecule has 2 atom stereocenters. The molecule has 0 aliphatic heterocycles. The highest BCUT2D eigenvalue weighted by Gasteiger charge is 2.35. The highest BCUT2D eigenvalue weighted by atomic mass is 16.7. The third-order valence-electron chi connectivity index (χ3n) is 2.28. The second kappa shape index (κ2) is 9.05. The summed E-state index contributed by atoms with van der Waals surface area (Å²) in [5.74, 6) is -0.737. The number of carbonyl (C=O) groups is 2. The Morgan fingerprint density at radius 1 is 1.04 bits per heavy atom. The number of aliphatic hydroxyl groups is 1. The van der Waals surface area contributed by atoms with E-state index in [9.17, 15) is 14.7 Å². The van der Waals surface area contributed by atoms with Crippen molar-refractivity contribution in [1.82, 2.24) is 5.32 Å². The zero-order valence-corrected chi connectivity index (χ0v) is 15.0. The van der Waals surface area contributed by atoms with Gasteiger partial charge in [-0.1, -0.05) is 0 Å². The van der Waals surface area contributed by atoms with Crippen molar-refractivity contribution in [3.63, 3.8) is 0 Å². The van der Waals surface area contributed by atoms with Gasteiger partial charge in [0.1, 0.15) is 24.1 Å². The summed E-state index contributed by atoms with van der Waals surface area (Å²) in [4.78, 5) is 24.2. The number of alkyl carbamates (subject to hydrolysis) is 1. The topological polar surface area (TPSA) is 103 Å². The fourth-order valence-electron chi connectivity index (χ4n) is 1.51. The van der Waals surface area contributed by atoms with Crippen molar-refractivity contribution < 1.29 is 33.6 Å². The molecule has 0 spiro atoms. The fourth-order valence-corrected chi connectivity index (χ4v) is 1.51. The van der Waals surface area contributed by atoms with E-state index in [4.69, 9.17) is 18.9 Å². The molecule has 0 heterocycles. The van der Waals surface area contributed by atoms with Crippen LogP contribution in [0.25, 0.3) is 0 Å². The van der Waals surface area contributed by atoms with Gasteiger partial charge in [0.05, 0.1) is 6.61 Å². The third kappa shape index (κ3) is 10.1. The number of esters is 1. The molecule has 136 valence electrons. The van der Waals surface area contributed by atoms with Crippen molar-refractivity contribution >= 4 is 12.1 Å². The van der Waals surface area contributed by atoms with Crippen LogP contribution in [0.1, 0.15) is 41.5 Å². The first-order valence-electron chi connectivity index (χ1n) is 7.33. The van der Waals surface area contributed by atoms with Crippen LogP contribution in [0.3, 0.4) is 0 Å². The number of hydrogen-bond donors (Lipinski definition) is 2. The van der Waals surface area contributed by atoms with Crippen LogP contribution in [0.15, 0.2) is 0 Å². The SMILES string of the molecule is COCO[C@@H](CO)[C@H](NC(=O)OC(C)(C)C)C(=O)OC(C)(C)C. The number of carbonyl (C=O) groups excluding carboxylic acids is 2.